The first-order chi connectivity index (χ1) is 13.3. The molecule has 146 valence electrons. The van der Waals surface area contributed by atoms with Gasteiger partial charge in [0, 0.05) is 23.2 Å². The Morgan fingerprint density at radius 3 is 2.82 bits per heavy atom. The fourth-order valence-electron chi connectivity index (χ4n) is 2.85. The van der Waals surface area contributed by atoms with Gasteiger partial charge in [0.1, 0.15) is 10.7 Å². The number of rotatable bonds is 4. The lowest BCUT2D eigenvalue weighted by atomic mass is 10.1. The SMILES string of the molecule is CNC(=O)c1cc(I)cc(C)c1NC(=O)C1CC(Br)=NN1c1ncccc1Cl. The molecule has 1 aliphatic rings. The third kappa shape index (κ3) is 4.31. The molecule has 2 amide bonds. The topological polar surface area (TPSA) is 86.7 Å². The Labute approximate surface area is 189 Å². The van der Waals surface area contributed by atoms with Gasteiger partial charge in [-0.3, -0.25) is 9.59 Å². The molecule has 1 aromatic carbocycles. The number of hydrogen-bond acceptors (Lipinski definition) is 5. The number of amides is 2. The molecule has 2 heterocycles. The van der Waals surface area contributed by atoms with Gasteiger partial charge in [-0.1, -0.05) is 11.6 Å². The minimum atomic E-state index is -0.655. The van der Waals surface area contributed by atoms with Crippen molar-refractivity contribution in [3.63, 3.8) is 0 Å². The smallest absolute Gasteiger partial charge is 0.253 e. The maximum Gasteiger partial charge on any atom is 0.253 e. The first-order valence-corrected chi connectivity index (χ1v) is 10.5. The van der Waals surface area contributed by atoms with E-state index in [2.05, 4.69) is 59.2 Å². The molecule has 0 spiro atoms. The van der Waals surface area contributed by atoms with Crippen LogP contribution in [0, 0.1) is 10.5 Å². The second-order valence-corrected chi connectivity index (χ2v) is 8.63. The minimum absolute atomic E-state index is 0.273. The summed E-state index contributed by atoms with van der Waals surface area (Å²) in [7, 11) is 1.55. The van der Waals surface area contributed by atoms with Crippen molar-refractivity contribution in [1.29, 1.82) is 0 Å². The van der Waals surface area contributed by atoms with Crippen molar-refractivity contribution >= 4 is 78.1 Å². The van der Waals surface area contributed by atoms with E-state index in [0.29, 0.717) is 33.1 Å². The van der Waals surface area contributed by atoms with Crippen LogP contribution in [0.1, 0.15) is 22.3 Å². The molecule has 2 aromatic rings. The Balaban J connectivity index is 1.93. The van der Waals surface area contributed by atoms with Crippen LogP contribution in [0.5, 0.6) is 0 Å². The van der Waals surface area contributed by atoms with Crippen molar-refractivity contribution in [3.05, 3.63) is 50.2 Å². The predicted molar refractivity (Wildman–Crippen MR) is 122 cm³/mol. The number of carbonyl (C=O) groups excluding carboxylic acids is 2. The normalized spacial score (nSPS) is 16.0. The second kappa shape index (κ2) is 8.75. The summed E-state index contributed by atoms with van der Waals surface area (Å²) in [5, 5.41) is 11.7. The second-order valence-electron chi connectivity index (χ2n) is 6.06. The quantitative estimate of drug-likeness (QED) is 0.541. The molecule has 0 saturated carbocycles. The number of anilines is 2. The fourth-order valence-corrected chi connectivity index (χ4v) is 4.31. The average Bonchev–Trinajstić information content (AvgIpc) is 3.05. The summed E-state index contributed by atoms with van der Waals surface area (Å²) in [5.41, 5.74) is 1.67. The first kappa shape index (κ1) is 21.0. The standard InChI is InChI=1S/C18H16BrClIN5O2/c1-9-6-10(21)7-11(17(27)22-2)15(9)24-18(28)13-8-14(19)25-26(13)16-12(20)4-3-5-23-16/h3-7,13H,8H2,1-2H3,(H,22,27)(H,24,28). The van der Waals surface area contributed by atoms with E-state index < -0.39 is 6.04 Å². The number of aryl methyl sites for hydroxylation is 1. The van der Waals surface area contributed by atoms with E-state index in [4.69, 9.17) is 11.6 Å². The van der Waals surface area contributed by atoms with Crippen molar-refractivity contribution in [3.8, 4) is 0 Å². The fraction of sp³-hybridized carbons (Fsp3) is 0.222. The number of nitrogens with zero attached hydrogens (tertiary/aromatic N) is 3. The maximum absolute atomic E-state index is 13.1. The van der Waals surface area contributed by atoms with Gasteiger partial charge >= 0.3 is 0 Å². The van der Waals surface area contributed by atoms with Gasteiger partial charge in [-0.2, -0.15) is 5.10 Å². The molecular formula is C18H16BrClIN5O2. The molecule has 1 atom stereocenters. The Kier molecular flexibility index (Phi) is 6.56. The molecule has 0 radical (unpaired) electrons. The Morgan fingerprint density at radius 1 is 1.39 bits per heavy atom. The zero-order chi connectivity index (χ0) is 20.4. The Bertz CT molecular complexity index is 984. The van der Waals surface area contributed by atoms with E-state index >= 15 is 0 Å². The molecule has 10 heteroatoms. The van der Waals surface area contributed by atoms with Crippen LogP contribution in [0.2, 0.25) is 5.02 Å². The Morgan fingerprint density at radius 2 is 2.14 bits per heavy atom. The highest BCUT2D eigenvalue weighted by Gasteiger charge is 2.35. The number of nitrogens with one attached hydrogen (secondary N) is 2. The zero-order valence-corrected chi connectivity index (χ0v) is 19.5. The number of aromatic nitrogens is 1. The van der Waals surface area contributed by atoms with E-state index in [0.717, 1.165) is 9.13 Å². The van der Waals surface area contributed by atoms with Gasteiger partial charge in [0.05, 0.1) is 16.3 Å². The van der Waals surface area contributed by atoms with Crippen LogP contribution in [0.4, 0.5) is 11.5 Å². The van der Waals surface area contributed by atoms with Crippen molar-refractivity contribution in [1.82, 2.24) is 10.3 Å². The molecule has 0 saturated heterocycles. The highest BCUT2D eigenvalue weighted by atomic mass is 127. The third-order valence-corrected chi connectivity index (χ3v) is 5.55. The summed E-state index contributed by atoms with van der Waals surface area (Å²) in [5.74, 6) is -0.190. The summed E-state index contributed by atoms with van der Waals surface area (Å²) in [4.78, 5) is 29.6. The summed E-state index contributed by atoms with van der Waals surface area (Å²) in [6.07, 6.45) is 1.95. The van der Waals surface area contributed by atoms with Gasteiger partial charge in [-0.15, -0.1) is 0 Å². The molecule has 1 unspecified atom stereocenters. The van der Waals surface area contributed by atoms with Crippen molar-refractivity contribution in [2.75, 3.05) is 17.4 Å². The van der Waals surface area contributed by atoms with Gasteiger partial charge in [0.15, 0.2) is 5.82 Å². The molecule has 1 aromatic heterocycles. The number of benzene rings is 1. The maximum atomic E-state index is 13.1. The first-order valence-electron chi connectivity index (χ1n) is 8.27. The summed E-state index contributed by atoms with van der Waals surface area (Å²) < 4.78 is 1.51. The molecule has 3 rings (SSSR count). The Hall–Kier alpha value is -1.72. The van der Waals surface area contributed by atoms with E-state index in [1.54, 1.807) is 31.4 Å². The van der Waals surface area contributed by atoms with E-state index in [1.165, 1.54) is 5.01 Å². The molecule has 28 heavy (non-hydrogen) atoms. The van der Waals surface area contributed by atoms with Crippen LogP contribution in [-0.4, -0.2) is 34.5 Å². The van der Waals surface area contributed by atoms with Crippen molar-refractivity contribution in [2.24, 2.45) is 5.10 Å². The van der Waals surface area contributed by atoms with Gasteiger partial charge in [0.2, 0.25) is 5.91 Å². The van der Waals surface area contributed by atoms with Gasteiger partial charge in [-0.05, 0) is 75.3 Å². The monoisotopic (exact) mass is 575 g/mol. The lowest BCUT2D eigenvalue weighted by Gasteiger charge is -2.23. The van der Waals surface area contributed by atoms with Gasteiger partial charge in [-0.25, -0.2) is 9.99 Å². The number of hydrogen-bond donors (Lipinski definition) is 2. The number of hydrazone groups is 1. The molecule has 0 aliphatic carbocycles. The highest BCUT2D eigenvalue weighted by Crippen LogP contribution is 2.31. The number of halogens is 3. The van der Waals surface area contributed by atoms with E-state index in [1.807, 2.05) is 13.0 Å². The predicted octanol–water partition coefficient (Wildman–Crippen LogP) is 3.93. The van der Waals surface area contributed by atoms with Crippen LogP contribution >= 0.6 is 50.1 Å². The zero-order valence-electron chi connectivity index (χ0n) is 15.0. The van der Waals surface area contributed by atoms with Crippen molar-refractivity contribution < 1.29 is 9.59 Å². The van der Waals surface area contributed by atoms with E-state index in [9.17, 15) is 9.59 Å². The van der Waals surface area contributed by atoms with Crippen LogP contribution in [-0.2, 0) is 4.79 Å². The largest absolute Gasteiger partial charge is 0.355 e. The third-order valence-electron chi connectivity index (χ3n) is 4.15. The summed E-state index contributed by atoms with van der Waals surface area (Å²) in [6, 6.07) is 6.37. The minimum Gasteiger partial charge on any atom is -0.355 e. The molecule has 7 nitrogen and oxygen atoms in total. The van der Waals surface area contributed by atoms with E-state index in [-0.39, 0.29) is 11.8 Å². The number of carbonyl (C=O) groups is 2. The van der Waals surface area contributed by atoms with Crippen LogP contribution in [0.15, 0.2) is 35.6 Å². The molecule has 1 aliphatic heterocycles. The molecular weight excluding hydrogens is 560 g/mol. The van der Waals surface area contributed by atoms with Crippen LogP contribution < -0.4 is 15.6 Å². The highest BCUT2D eigenvalue weighted by molar-refractivity contribution is 14.1. The van der Waals surface area contributed by atoms with Gasteiger partial charge in [0.25, 0.3) is 5.91 Å². The number of pyridine rings is 1. The van der Waals surface area contributed by atoms with Crippen LogP contribution in [0.3, 0.4) is 0 Å². The summed E-state index contributed by atoms with van der Waals surface area (Å²) >= 11 is 11.7. The van der Waals surface area contributed by atoms with Crippen LogP contribution in [0.25, 0.3) is 0 Å². The lowest BCUT2D eigenvalue weighted by Crippen LogP contribution is -2.39. The molecule has 0 fully saturated rings. The average molecular weight is 577 g/mol. The molecule has 2 N–H and O–H groups in total. The van der Waals surface area contributed by atoms with Gasteiger partial charge < -0.3 is 10.6 Å². The summed E-state index contributed by atoms with van der Waals surface area (Å²) in [6.45, 7) is 1.85. The van der Waals surface area contributed by atoms with Crippen molar-refractivity contribution in [2.45, 2.75) is 19.4 Å². The lowest BCUT2D eigenvalue weighted by molar-refractivity contribution is -0.117. The molecule has 0 bridgehead atoms.